The highest BCUT2D eigenvalue weighted by Gasteiger charge is 2.12. The van der Waals surface area contributed by atoms with Crippen LogP contribution in [0, 0.1) is 0 Å². The molecule has 0 heterocycles. The molecule has 1 nitrogen and oxygen atoms in total. The Hall–Kier alpha value is -1.84. The molecule has 0 unspecified atom stereocenters. The third-order valence-corrected chi connectivity index (χ3v) is 5.46. The second-order valence-corrected chi connectivity index (χ2v) is 9.34. The van der Waals surface area contributed by atoms with Crippen LogP contribution in [0.4, 0.5) is 11.4 Å². The van der Waals surface area contributed by atoms with E-state index in [-0.39, 0.29) is 5.41 Å². The number of anilines is 2. The monoisotopic (exact) mass is 483 g/mol. The van der Waals surface area contributed by atoms with E-state index in [1.807, 2.05) is 0 Å². The zero-order valence-corrected chi connectivity index (χ0v) is 19.0. The van der Waals surface area contributed by atoms with Crippen LogP contribution in [0.1, 0.15) is 31.9 Å². The summed E-state index contributed by atoms with van der Waals surface area (Å²) < 4.78 is 2.15. The predicted molar refractivity (Wildman–Crippen MR) is 125 cm³/mol. The summed E-state index contributed by atoms with van der Waals surface area (Å²) in [6.45, 7) is 6.71. The normalized spacial score (nSPS) is 11.7. The van der Waals surface area contributed by atoms with Crippen molar-refractivity contribution in [3.8, 4) is 0 Å². The first-order valence-electron chi connectivity index (χ1n) is 8.92. The van der Waals surface area contributed by atoms with Crippen LogP contribution in [0.15, 0.2) is 87.9 Å². The first-order chi connectivity index (χ1) is 12.8. The van der Waals surface area contributed by atoms with Gasteiger partial charge in [-0.2, -0.15) is 0 Å². The molecule has 27 heavy (non-hydrogen) atoms. The number of nitrogens with zero attached hydrogens (tertiary/aromatic N) is 1. The molecule has 3 heteroatoms. The number of hydrogen-bond donors (Lipinski definition) is 0. The van der Waals surface area contributed by atoms with Gasteiger partial charge in [0.25, 0.3) is 0 Å². The van der Waals surface area contributed by atoms with Crippen molar-refractivity contribution < 1.29 is 0 Å². The van der Waals surface area contributed by atoms with E-state index < -0.39 is 0 Å². The molecule has 0 radical (unpaired) electrons. The average Bonchev–Trinajstić information content (AvgIpc) is 2.64. The Bertz CT molecular complexity index is 857. The van der Waals surface area contributed by atoms with Crippen molar-refractivity contribution in [1.29, 1.82) is 0 Å². The second kappa shape index (κ2) is 8.45. The van der Waals surface area contributed by atoms with Gasteiger partial charge in [-0.05, 0) is 71.1 Å². The fourth-order valence-electron chi connectivity index (χ4n) is 2.78. The largest absolute Gasteiger partial charge is 0.317 e. The molecule has 0 saturated carbocycles. The third-order valence-electron chi connectivity index (χ3n) is 4.40. The Balaban J connectivity index is 1.92. The summed E-state index contributed by atoms with van der Waals surface area (Å²) in [7, 11) is 0. The summed E-state index contributed by atoms with van der Waals surface area (Å²) >= 11 is 7.03. The topological polar surface area (TPSA) is 3.24 Å². The van der Waals surface area contributed by atoms with Gasteiger partial charge in [-0.25, -0.2) is 0 Å². The van der Waals surface area contributed by atoms with E-state index in [0.29, 0.717) is 0 Å². The first-order valence-corrected chi connectivity index (χ1v) is 10.5. The maximum atomic E-state index is 3.52. The SMILES string of the molecule is CC(C)(C)c1ccc(/C=C/N(c2ccc(Br)cc2)c2ccc(Br)cc2)cc1. The highest BCUT2D eigenvalue weighted by molar-refractivity contribution is 9.10. The van der Waals surface area contributed by atoms with Crippen LogP contribution in [-0.2, 0) is 5.41 Å². The van der Waals surface area contributed by atoms with Gasteiger partial charge in [-0.3, -0.25) is 0 Å². The highest BCUT2D eigenvalue weighted by Crippen LogP contribution is 2.29. The number of hydrogen-bond acceptors (Lipinski definition) is 1. The number of benzene rings is 3. The molecule has 138 valence electrons. The minimum atomic E-state index is 0.170. The fraction of sp³-hybridized carbons (Fsp3) is 0.167. The van der Waals surface area contributed by atoms with Crippen molar-refractivity contribution in [2.45, 2.75) is 26.2 Å². The van der Waals surface area contributed by atoms with Crippen molar-refractivity contribution in [3.63, 3.8) is 0 Å². The van der Waals surface area contributed by atoms with Gasteiger partial charge in [-0.1, -0.05) is 76.9 Å². The third kappa shape index (κ3) is 5.33. The molecular weight excluding hydrogens is 462 g/mol. The van der Waals surface area contributed by atoms with Gasteiger partial charge in [0.15, 0.2) is 0 Å². The van der Waals surface area contributed by atoms with Crippen LogP contribution in [-0.4, -0.2) is 0 Å². The summed E-state index contributed by atoms with van der Waals surface area (Å²) in [6.07, 6.45) is 4.27. The molecule has 0 saturated heterocycles. The molecule has 0 fully saturated rings. The molecule has 3 aromatic carbocycles. The maximum absolute atomic E-state index is 3.52. The summed E-state index contributed by atoms with van der Waals surface area (Å²) in [5, 5.41) is 0. The van der Waals surface area contributed by atoms with Crippen molar-refractivity contribution in [1.82, 2.24) is 0 Å². The summed E-state index contributed by atoms with van der Waals surface area (Å²) in [4.78, 5) is 2.19. The van der Waals surface area contributed by atoms with Gasteiger partial charge >= 0.3 is 0 Å². The Morgan fingerprint density at radius 1 is 0.667 bits per heavy atom. The lowest BCUT2D eigenvalue weighted by molar-refractivity contribution is 0.590. The average molecular weight is 485 g/mol. The molecule has 0 atom stereocenters. The second-order valence-electron chi connectivity index (χ2n) is 7.51. The van der Waals surface area contributed by atoms with Gasteiger partial charge in [0, 0.05) is 26.5 Å². The quantitative estimate of drug-likeness (QED) is 0.359. The van der Waals surface area contributed by atoms with Crippen molar-refractivity contribution in [2.24, 2.45) is 0 Å². The van der Waals surface area contributed by atoms with Crippen LogP contribution in [0.3, 0.4) is 0 Å². The Morgan fingerprint density at radius 2 is 1.11 bits per heavy atom. The molecule has 0 aliphatic heterocycles. The molecule has 3 rings (SSSR count). The summed E-state index contributed by atoms with van der Waals surface area (Å²) in [6, 6.07) is 25.5. The van der Waals surface area contributed by atoms with E-state index in [4.69, 9.17) is 0 Å². The molecular formula is C24H23Br2N. The summed E-state index contributed by atoms with van der Waals surface area (Å²) in [5.41, 5.74) is 4.93. The van der Waals surface area contributed by atoms with Gasteiger partial charge in [-0.15, -0.1) is 0 Å². The zero-order valence-electron chi connectivity index (χ0n) is 15.8. The lowest BCUT2D eigenvalue weighted by atomic mass is 9.87. The number of rotatable bonds is 4. The molecule has 3 aromatic rings. The summed E-state index contributed by atoms with van der Waals surface area (Å²) in [5.74, 6) is 0. The smallest absolute Gasteiger partial charge is 0.0456 e. The van der Waals surface area contributed by atoms with Crippen LogP contribution in [0.2, 0.25) is 0 Å². The van der Waals surface area contributed by atoms with E-state index in [1.165, 1.54) is 11.1 Å². The van der Waals surface area contributed by atoms with Gasteiger partial charge in [0.05, 0.1) is 0 Å². The Morgan fingerprint density at radius 3 is 1.52 bits per heavy atom. The van der Waals surface area contributed by atoms with Crippen LogP contribution in [0.5, 0.6) is 0 Å². The lowest BCUT2D eigenvalue weighted by Crippen LogP contribution is -2.10. The Labute approximate surface area is 179 Å². The standard InChI is InChI=1S/C24H23Br2N/c1-24(2,3)19-6-4-18(5-7-19)16-17-27(22-12-8-20(25)9-13-22)23-14-10-21(26)11-15-23/h4-17H,1-3H3/b17-16+. The van der Waals surface area contributed by atoms with Crippen molar-refractivity contribution >= 4 is 49.3 Å². The van der Waals surface area contributed by atoms with Crippen molar-refractivity contribution in [3.05, 3.63) is 99.1 Å². The van der Waals surface area contributed by atoms with Gasteiger partial charge in [0.1, 0.15) is 0 Å². The lowest BCUT2D eigenvalue weighted by Gasteiger charge is -2.21. The molecule has 0 aliphatic carbocycles. The van der Waals surface area contributed by atoms with Crippen molar-refractivity contribution in [2.75, 3.05) is 4.90 Å². The highest BCUT2D eigenvalue weighted by atomic mass is 79.9. The van der Waals surface area contributed by atoms with Crippen LogP contribution >= 0.6 is 31.9 Å². The van der Waals surface area contributed by atoms with Gasteiger partial charge < -0.3 is 4.90 Å². The minimum Gasteiger partial charge on any atom is -0.317 e. The predicted octanol–water partition coefficient (Wildman–Crippen LogP) is 8.32. The molecule has 0 aromatic heterocycles. The van der Waals surface area contributed by atoms with E-state index in [2.05, 4.69) is 143 Å². The van der Waals surface area contributed by atoms with E-state index >= 15 is 0 Å². The van der Waals surface area contributed by atoms with Gasteiger partial charge in [0.2, 0.25) is 0 Å². The molecule has 0 bridgehead atoms. The van der Waals surface area contributed by atoms with E-state index in [9.17, 15) is 0 Å². The molecule has 0 spiro atoms. The van der Waals surface area contributed by atoms with Crippen LogP contribution in [0.25, 0.3) is 6.08 Å². The number of halogens is 2. The zero-order chi connectivity index (χ0) is 19.4. The Kier molecular flexibility index (Phi) is 6.23. The fourth-order valence-corrected chi connectivity index (χ4v) is 3.31. The van der Waals surface area contributed by atoms with E-state index in [1.54, 1.807) is 0 Å². The minimum absolute atomic E-state index is 0.170. The molecule has 0 aliphatic rings. The van der Waals surface area contributed by atoms with Crippen LogP contribution < -0.4 is 4.90 Å². The first kappa shape index (κ1) is 19.9. The molecule has 0 N–H and O–H groups in total. The molecule has 0 amide bonds. The maximum Gasteiger partial charge on any atom is 0.0456 e. The van der Waals surface area contributed by atoms with E-state index in [0.717, 1.165) is 20.3 Å².